The Kier molecular flexibility index (Phi) is 6.94. The lowest BCUT2D eigenvalue weighted by Gasteiger charge is -2.08. The van der Waals surface area contributed by atoms with Gasteiger partial charge in [-0.15, -0.1) is 0 Å². The number of amides is 1. The number of nitrogens with one attached hydrogen (secondary N) is 2. The second kappa shape index (κ2) is 10.6. The molecule has 5 aromatic heterocycles. The fraction of sp³-hybridized carbons (Fsp3) is 0.192. The van der Waals surface area contributed by atoms with Gasteiger partial charge < -0.3 is 5.32 Å². The Morgan fingerprint density at radius 3 is 2.55 bits per heavy atom. The standard InChI is InChI=1S/C26H23F2N9O/c1-15-7-20(9-21-8-16(2)35-36-21)34-25(33-15)18-4-5-22(29-12-18)26(38)31-11-17-3-6-23(30-10-17)37-14-19(13-32-37)24(27)28/h3-8,10,12-14,24H,9,11H2,1-2H3,(H,31,38)(H,35,36). The molecule has 5 rings (SSSR count). The maximum atomic E-state index is 12.8. The fourth-order valence-electron chi connectivity index (χ4n) is 3.77. The number of aromatic nitrogens is 8. The molecule has 0 radical (unpaired) electrons. The van der Waals surface area contributed by atoms with E-state index in [4.69, 9.17) is 0 Å². The van der Waals surface area contributed by atoms with E-state index in [2.05, 4.69) is 40.5 Å². The van der Waals surface area contributed by atoms with Crippen LogP contribution in [0, 0.1) is 13.8 Å². The number of halogens is 2. The first-order valence-electron chi connectivity index (χ1n) is 11.7. The number of rotatable bonds is 8. The molecular formula is C26H23F2N9O. The van der Waals surface area contributed by atoms with Crippen LogP contribution in [0.5, 0.6) is 0 Å². The molecule has 0 spiro atoms. The van der Waals surface area contributed by atoms with Gasteiger partial charge in [0.15, 0.2) is 11.6 Å². The molecule has 0 atom stereocenters. The summed E-state index contributed by atoms with van der Waals surface area (Å²) in [6.45, 7) is 4.06. The van der Waals surface area contributed by atoms with Crippen molar-refractivity contribution >= 4 is 5.91 Å². The summed E-state index contributed by atoms with van der Waals surface area (Å²) in [7, 11) is 0. The predicted molar refractivity (Wildman–Crippen MR) is 134 cm³/mol. The highest BCUT2D eigenvalue weighted by molar-refractivity contribution is 5.92. The molecular weight excluding hydrogens is 492 g/mol. The predicted octanol–water partition coefficient (Wildman–Crippen LogP) is 3.92. The van der Waals surface area contributed by atoms with Gasteiger partial charge in [0.2, 0.25) is 0 Å². The molecule has 2 N–H and O–H groups in total. The van der Waals surface area contributed by atoms with Crippen molar-refractivity contribution in [3.05, 3.63) is 101 Å². The van der Waals surface area contributed by atoms with E-state index < -0.39 is 6.43 Å². The summed E-state index contributed by atoms with van der Waals surface area (Å²) in [5.41, 5.74) is 5.02. The smallest absolute Gasteiger partial charge is 0.270 e. The van der Waals surface area contributed by atoms with Crippen molar-refractivity contribution in [3.63, 3.8) is 0 Å². The summed E-state index contributed by atoms with van der Waals surface area (Å²) in [4.78, 5) is 30.3. The zero-order valence-corrected chi connectivity index (χ0v) is 20.6. The van der Waals surface area contributed by atoms with Crippen LogP contribution in [-0.4, -0.2) is 45.8 Å². The van der Waals surface area contributed by atoms with Crippen LogP contribution in [0.15, 0.2) is 61.2 Å². The normalized spacial score (nSPS) is 11.2. The van der Waals surface area contributed by atoms with Gasteiger partial charge in [-0.2, -0.15) is 10.2 Å². The molecule has 0 aliphatic carbocycles. The lowest BCUT2D eigenvalue weighted by molar-refractivity contribution is 0.0946. The van der Waals surface area contributed by atoms with E-state index in [0.29, 0.717) is 23.6 Å². The van der Waals surface area contributed by atoms with Gasteiger partial charge in [-0.3, -0.25) is 14.9 Å². The number of hydrogen-bond acceptors (Lipinski definition) is 7. The zero-order chi connectivity index (χ0) is 26.6. The summed E-state index contributed by atoms with van der Waals surface area (Å²) in [6, 6.07) is 10.6. The number of H-pyrrole nitrogens is 1. The van der Waals surface area contributed by atoms with Crippen LogP contribution in [0.4, 0.5) is 8.78 Å². The maximum absolute atomic E-state index is 12.8. The molecule has 10 nitrogen and oxygen atoms in total. The number of carbonyl (C=O) groups is 1. The molecule has 0 aliphatic heterocycles. The number of alkyl halides is 2. The molecule has 38 heavy (non-hydrogen) atoms. The Balaban J connectivity index is 1.21. The highest BCUT2D eigenvalue weighted by Crippen LogP contribution is 2.19. The van der Waals surface area contributed by atoms with Crippen LogP contribution >= 0.6 is 0 Å². The van der Waals surface area contributed by atoms with Crippen LogP contribution in [-0.2, 0) is 13.0 Å². The number of pyridine rings is 2. The average molecular weight is 516 g/mol. The molecule has 5 aromatic rings. The quantitative estimate of drug-likeness (QED) is 0.321. The third kappa shape index (κ3) is 5.75. The Bertz CT molecular complexity index is 1560. The van der Waals surface area contributed by atoms with Crippen molar-refractivity contribution in [3.8, 4) is 17.2 Å². The van der Waals surface area contributed by atoms with E-state index in [1.807, 2.05) is 26.0 Å². The number of aromatic amines is 1. The molecule has 0 aromatic carbocycles. The highest BCUT2D eigenvalue weighted by Gasteiger charge is 2.13. The van der Waals surface area contributed by atoms with Crippen molar-refractivity contribution in [2.75, 3.05) is 0 Å². The molecule has 1 amide bonds. The monoisotopic (exact) mass is 515 g/mol. The van der Waals surface area contributed by atoms with E-state index in [-0.39, 0.29) is 23.7 Å². The van der Waals surface area contributed by atoms with Gasteiger partial charge in [0, 0.05) is 48.5 Å². The van der Waals surface area contributed by atoms with Crippen molar-refractivity contribution < 1.29 is 13.6 Å². The largest absolute Gasteiger partial charge is 0.347 e. The molecule has 0 fully saturated rings. The summed E-state index contributed by atoms with van der Waals surface area (Å²) >= 11 is 0. The number of nitrogens with zero attached hydrogens (tertiary/aromatic N) is 7. The number of hydrogen-bond donors (Lipinski definition) is 2. The molecule has 0 aliphatic rings. The summed E-state index contributed by atoms with van der Waals surface area (Å²) < 4.78 is 26.8. The molecule has 5 heterocycles. The van der Waals surface area contributed by atoms with E-state index >= 15 is 0 Å². The summed E-state index contributed by atoms with van der Waals surface area (Å²) in [5.74, 6) is 0.565. The van der Waals surface area contributed by atoms with E-state index in [1.54, 1.807) is 36.7 Å². The van der Waals surface area contributed by atoms with Gasteiger partial charge >= 0.3 is 0 Å². The van der Waals surface area contributed by atoms with E-state index in [0.717, 1.165) is 34.5 Å². The SMILES string of the molecule is Cc1cc(Cc2cc(C)[nH]n2)nc(-c2ccc(C(=O)NCc3ccc(-n4cc(C(F)F)cn4)nc3)nc2)n1. The molecule has 0 bridgehead atoms. The Morgan fingerprint density at radius 1 is 1.03 bits per heavy atom. The average Bonchev–Trinajstić information content (AvgIpc) is 3.57. The van der Waals surface area contributed by atoms with Gasteiger partial charge in [0.1, 0.15) is 5.69 Å². The number of aryl methyl sites for hydroxylation is 2. The second-order valence-electron chi connectivity index (χ2n) is 8.70. The fourth-order valence-corrected chi connectivity index (χ4v) is 3.77. The van der Waals surface area contributed by atoms with E-state index in [9.17, 15) is 13.6 Å². The minimum absolute atomic E-state index is 0.180. The molecule has 192 valence electrons. The van der Waals surface area contributed by atoms with Gasteiger partial charge in [-0.25, -0.2) is 28.4 Å². The van der Waals surface area contributed by atoms with E-state index in [1.165, 1.54) is 10.9 Å². The van der Waals surface area contributed by atoms with Crippen LogP contribution < -0.4 is 5.32 Å². The Labute approximate surface area is 216 Å². The molecule has 12 heteroatoms. The van der Waals surface area contributed by atoms with Crippen LogP contribution in [0.3, 0.4) is 0 Å². The first-order chi connectivity index (χ1) is 18.3. The third-order valence-corrected chi connectivity index (χ3v) is 5.63. The Morgan fingerprint density at radius 2 is 1.89 bits per heavy atom. The zero-order valence-electron chi connectivity index (χ0n) is 20.6. The first kappa shape index (κ1) is 24.8. The summed E-state index contributed by atoms with van der Waals surface area (Å²) in [5, 5.41) is 13.9. The Hall–Kier alpha value is -4.87. The third-order valence-electron chi connectivity index (χ3n) is 5.63. The molecule has 0 unspecified atom stereocenters. The lowest BCUT2D eigenvalue weighted by Crippen LogP contribution is -2.23. The van der Waals surface area contributed by atoms with Crippen molar-refractivity contribution in [1.29, 1.82) is 0 Å². The van der Waals surface area contributed by atoms with Gasteiger partial charge in [-0.05, 0) is 49.7 Å². The van der Waals surface area contributed by atoms with Gasteiger partial charge in [0.05, 0.1) is 23.1 Å². The minimum atomic E-state index is -2.60. The van der Waals surface area contributed by atoms with Crippen molar-refractivity contribution in [2.24, 2.45) is 0 Å². The van der Waals surface area contributed by atoms with Crippen LogP contribution in [0.25, 0.3) is 17.2 Å². The molecule has 0 saturated heterocycles. The highest BCUT2D eigenvalue weighted by atomic mass is 19.3. The lowest BCUT2D eigenvalue weighted by atomic mass is 10.2. The molecule has 0 saturated carbocycles. The maximum Gasteiger partial charge on any atom is 0.270 e. The second-order valence-corrected chi connectivity index (χ2v) is 8.70. The van der Waals surface area contributed by atoms with Crippen molar-refractivity contribution in [2.45, 2.75) is 33.2 Å². The minimum Gasteiger partial charge on any atom is -0.347 e. The topological polar surface area (TPSA) is 127 Å². The van der Waals surface area contributed by atoms with Gasteiger partial charge in [-0.1, -0.05) is 6.07 Å². The number of carbonyl (C=O) groups excluding carboxylic acids is 1. The van der Waals surface area contributed by atoms with Gasteiger partial charge in [0.25, 0.3) is 12.3 Å². The summed E-state index contributed by atoms with van der Waals surface area (Å²) in [6.07, 6.45) is 3.42. The first-order valence-corrected chi connectivity index (χ1v) is 11.7. The van der Waals surface area contributed by atoms with Crippen LogP contribution in [0.2, 0.25) is 0 Å². The van der Waals surface area contributed by atoms with Crippen LogP contribution in [0.1, 0.15) is 50.8 Å². The van der Waals surface area contributed by atoms with Crippen molar-refractivity contribution in [1.82, 2.24) is 45.2 Å².